The van der Waals surface area contributed by atoms with E-state index in [9.17, 15) is 27.2 Å². The van der Waals surface area contributed by atoms with Crippen molar-refractivity contribution in [1.29, 1.82) is 0 Å². The van der Waals surface area contributed by atoms with Gasteiger partial charge in [0.1, 0.15) is 11.4 Å². The predicted octanol–water partition coefficient (Wildman–Crippen LogP) is 5.15. The minimum Gasteiger partial charge on any atom is -0.461 e. The number of halogens is 4. The molecule has 12 heteroatoms. The van der Waals surface area contributed by atoms with Gasteiger partial charge in [-0.3, -0.25) is 4.79 Å². The Morgan fingerprint density at radius 1 is 1.17 bits per heavy atom. The molecule has 0 saturated carbocycles. The molecule has 4 rings (SSSR count). The summed E-state index contributed by atoms with van der Waals surface area (Å²) < 4.78 is 67.8. The normalized spacial score (nSPS) is 11.7. The number of nitrogens with zero attached hydrogens (tertiary/aromatic N) is 3. The van der Waals surface area contributed by atoms with E-state index >= 15 is 0 Å². The summed E-state index contributed by atoms with van der Waals surface area (Å²) in [6, 6.07) is 10.8. The first-order valence-electron chi connectivity index (χ1n) is 10.2. The first-order chi connectivity index (χ1) is 16.6. The van der Waals surface area contributed by atoms with Crippen LogP contribution >= 0.6 is 0 Å². The highest BCUT2D eigenvalue weighted by molar-refractivity contribution is 5.98. The Morgan fingerprint density at radius 2 is 1.89 bits per heavy atom. The van der Waals surface area contributed by atoms with Crippen LogP contribution in [0.25, 0.3) is 27.8 Å². The Bertz CT molecular complexity index is 1440. The average Bonchev–Trinajstić information content (AvgIpc) is 3.29. The highest BCUT2D eigenvalue weighted by Gasteiger charge is 2.25. The molecule has 2 heterocycles. The van der Waals surface area contributed by atoms with E-state index < -0.39 is 35.4 Å². The molecule has 0 saturated heterocycles. The van der Waals surface area contributed by atoms with Gasteiger partial charge in [-0.2, -0.15) is 13.9 Å². The third kappa shape index (κ3) is 4.86. The van der Waals surface area contributed by atoms with Crippen molar-refractivity contribution in [2.24, 2.45) is 0 Å². The van der Waals surface area contributed by atoms with Gasteiger partial charge >= 0.3 is 12.1 Å². The molecule has 2 aromatic carbocycles. The van der Waals surface area contributed by atoms with Crippen LogP contribution in [0.15, 0.2) is 57.8 Å². The van der Waals surface area contributed by atoms with Crippen LogP contribution in [0.5, 0.6) is 5.75 Å². The molecular formula is C23H17F4N3O5. The van der Waals surface area contributed by atoms with Gasteiger partial charge < -0.3 is 14.0 Å². The van der Waals surface area contributed by atoms with Crippen molar-refractivity contribution in [3.8, 4) is 22.7 Å². The summed E-state index contributed by atoms with van der Waals surface area (Å²) in [5.41, 5.74) is -0.822. The zero-order chi connectivity index (χ0) is 25.3. The molecule has 0 aliphatic carbocycles. The third-order valence-electron chi connectivity index (χ3n) is 4.78. The molecule has 0 amide bonds. The number of carbonyl (C=O) groups is 1. The molecule has 0 N–H and O–H groups in total. The number of hydrogen-bond donors (Lipinski definition) is 0. The van der Waals surface area contributed by atoms with Crippen molar-refractivity contribution in [2.75, 3.05) is 6.61 Å². The molecule has 0 atom stereocenters. The summed E-state index contributed by atoms with van der Waals surface area (Å²) >= 11 is 0. The Morgan fingerprint density at radius 3 is 2.49 bits per heavy atom. The largest absolute Gasteiger partial charge is 0.461 e. The van der Waals surface area contributed by atoms with Gasteiger partial charge in [0.25, 0.3) is 6.43 Å². The van der Waals surface area contributed by atoms with Crippen molar-refractivity contribution in [1.82, 2.24) is 14.9 Å². The van der Waals surface area contributed by atoms with E-state index in [4.69, 9.17) is 4.74 Å². The number of rotatable bonds is 7. The molecule has 0 fully saturated rings. The maximum absolute atomic E-state index is 13.3. The molecule has 35 heavy (non-hydrogen) atoms. The molecule has 0 radical (unpaired) electrons. The van der Waals surface area contributed by atoms with Crippen molar-refractivity contribution < 1.29 is 36.4 Å². The molecule has 0 spiro atoms. The van der Waals surface area contributed by atoms with E-state index in [2.05, 4.69) is 19.5 Å². The fraction of sp³-hybridized carbons (Fsp3) is 0.217. The van der Waals surface area contributed by atoms with Crippen LogP contribution in [-0.2, 0) is 4.74 Å². The quantitative estimate of drug-likeness (QED) is 0.261. The molecule has 4 aromatic rings. The number of esters is 1. The molecule has 0 unspecified atom stereocenters. The summed E-state index contributed by atoms with van der Waals surface area (Å²) in [4.78, 5) is 25.8. The predicted molar refractivity (Wildman–Crippen MR) is 115 cm³/mol. The number of aromatic nitrogens is 3. The number of hydrogen-bond acceptors (Lipinski definition) is 7. The SMILES string of the molecule is CCOC(=O)c1nn(-c2ccc(OC(C)(F)F)cc2)c2cccc(-c3cc(C(F)F)on3)c2c1=O. The summed E-state index contributed by atoms with van der Waals surface area (Å²) in [5, 5.41) is 7.71. The Labute approximate surface area is 194 Å². The second-order valence-electron chi connectivity index (χ2n) is 7.33. The van der Waals surface area contributed by atoms with Crippen LogP contribution < -0.4 is 10.2 Å². The fourth-order valence-corrected chi connectivity index (χ4v) is 3.40. The van der Waals surface area contributed by atoms with Gasteiger partial charge in [0.15, 0.2) is 0 Å². The number of fused-ring (bicyclic) bond motifs is 1. The van der Waals surface area contributed by atoms with Crippen molar-refractivity contribution in [3.05, 3.63) is 70.2 Å². The number of ether oxygens (including phenoxy) is 2. The molecule has 0 aliphatic heterocycles. The lowest BCUT2D eigenvalue weighted by atomic mass is 10.0. The zero-order valence-electron chi connectivity index (χ0n) is 18.3. The van der Waals surface area contributed by atoms with E-state index in [1.54, 1.807) is 6.92 Å². The van der Waals surface area contributed by atoms with Gasteiger partial charge in [0.2, 0.25) is 16.9 Å². The Kier molecular flexibility index (Phi) is 6.29. The number of benzene rings is 2. The third-order valence-corrected chi connectivity index (χ3v) is 4.78. The van der Waals surface area contributed by atoms with Crippen molar-refractivity contribution >= 4 is 16.9 Å². The summed E-state index contributed by atoms with van der Waals surface area (Å²) in [7, 11) is 0. The van der Waals surface area contributed by atoms with E-state index in [1.165, 1.54) is 47.1 Å². The molecule has 2 aromatic heterocycles. The fourth-order valence-electron chi connectivity index (χ4n) is 3.40. The van der Waals surface area contributed by atoms with Gasteiger partial charge in [-0.25, -0.2) is 18.3 Å². The van der Waals surface area contributed by atoms with E-state index in [1.807, 2.05) is 0 Å². The Hall–Kier alpha value is -4.22. The van der Waals surface area contributed by atoms with Gasteiger partial charge in [-0.05, 0) is 37.3 Å². The van der Waals surface area contributed by atoms with Crippen LogP contribution in [0.4, 0.5) is 17.6 Å². The Balaban J connectivity index is 1.96. The molecule has 182 valence electrons. The minimum atomic E-state index is -3.40. The lowest BCUT2D eigenvalue weighted by Crippen LogP contribution is -2.24. The van der Waals surface area contributed by atoms with E-state index in [0.717, 1.165) is 6.07 Å². The van der Waals surface area contributed by atoms with Gasteiger partial charge in [-0.15, -0.1) is 0 Å². The summed E-state index contributed by atoms with van der Waals surface area (Å²) in [5.74, 6) is -1.82. The van der Waals surface area contributed by atoms with Crippen LogP contribution in [-0.4, -0.2) is 33.6 Å². The monoisotopic (exact) mass is 491 g/mol. The summed E-state index contributed by atoms with van der Waals surface area (Å²) in [6.07, 6.45) is -6.32. The minimum absolute atomic E-state index is 0.0298. The van der Waals surface area contributed by atoms with Gasteiger partial charge in [0, 0.05) is 18.6 Å². The van der Waals surface area contributed by atoms with Crippen molar-refractivity contribution in [3.63, 3.8) is 0 Å². The number of carbonyl (C=O) groups excluding carboxylic acids is 1. The van der Waals surface area contributed by atoms with E-state index in [-0.39, 0.29) is 40.2 Å². The van der Waals surface area contributed by atoms with Crippen molar-refractivity contribution in [2.45, 2.75) is 26.4 Å². The first-order valence-corrected chi connectivity index (χ1v) is 10.2. The second kappa shape index (κ2) is 9.20. The van der Waals surface area contributed by atoms with Crippen LogP contribution in [0, 0.1) is 0 Å². The lowest BCUT2D eigenvalue weighted by Gasteiger charge is -2.15. The molecule has 0 aliphatic rings. The van der Waals surface area contributed by atoms with E-state index in [0.29, 0.717) is 6.92 Å². The lowest BCUT2D eigenvalue weighted by molar-refractivity contribution is -0.158. The van der Waals surface area contributed by atoms with Gasteiger partial charge in [-0.1, -0.05) is 17.3 Å². The molecule has 0 bridgehead atoms. The van der Waals surface area contributed by atoms with Crippen LogP contribution in [0.3, 0.4) is 0 Å². The second-order valence-corrected chi connectivity index (χ2v) is 7.33. The highest BCUT2D eigenvalue weighted by Crippen LogP contribution is 2.30. The summed E-state index contributed by atoms with van der Waals surface area (Å²) in [6.45, 7) is 2.11. The first kappa shape index (κ1) is 23.9. The molecular weight excluding hydrogens is 474 g/mol. The highest BCUT2D eigenvalue weighted by atomic mass is 19.3. The maximum atomic E-state index is 13.3. The maximum Gasteiger partial charge on any atom is 0.394 e. The standard InChI is InChI=1S/C23H17F4N3O5/c1-3-33-22(32)19-20(31)18-14(15-11-17(21(24)25)35-29-15)5-4-6-16(18)30(28-19)12-7-9-13(10-8-12)34-23(2,26)27/h4-11,21H,3H2,1-2H3. The van der Waals surface area contributed by atoms with Gasteiger partial charge in [0.05, 0.1) is 23.2 Å². The smallest absolute Gasteiger partial charge is 0.394 e. The topological polar surface area (TPSA) is 96.4 Å². The molecule has 8 nitrogen and oxygen atoms in total. The number of alkyl halides is 4. The zero-order valence-corrected chi connectivity index (χ0v) is 18.3. The van der Waals surface area contributed by atoms with Crippen LogP contribution in [0.2, 0.25) is 0 Å². The van der Waals surface area contributed by atoms with Crippen LogP contribution in [0.1, 0.15) is 36.5 Å². The average molecular weight is 491 g/mol.